The largest absolute Gasteiger partial charge is 0.373 e. The standard InChI is InChI=1S/C15H23F2NO/c1-5-15(6-2,19-7-3)14(18-4)13-11(16)9-8-10-12(13)17/h8-10,14,18H,5-7H2,1-4H3. The molecule has 19 heavy (non-hydrogen) atoms. The topological polar surface area (TPSA) is 21.3 Å². The lowest BCUT2D eigenvalue weighted by Crippen LogP contribution is -2.45. The normalized spacial score (nSPS) is 13.6. The Morgan fingerprint density at radius 3 is 2.05 bits per heavy atom. The van der Waals surface area contributed by atoms with Gasteiger partial charge in [-0.2, -0.15) is 0 Å². The van der Waals surface area contributed by atoms with E-state index in [0.717, 1.165) is 0 Å². The number of nitrogens with one attached hydrogen (secondary N) is 1. The van der Waals surface area contributed by atoms with E-state index in [1.54, 1.807) is 7.05 Å². The van der Waals surface area contributed by atoms with Crippen LogP contribution in [0.4, 0.5) is 8.78 Å². The Bertz CT molecular complexity index is 385. The summed E-state index contributed by atoms with van der Waals surface area (Å²) in [5, 5.41) is 3.02. The molecule has 108 valence electrons. The lowest BCUT2D eigenvalue weighted by molar-refractivity contribution is -0.0731. The fourth-order valence-corrected chi connectivity index (χ4v) is 2.69. The Kier molecular flexibility index (Phi) is 5.88. The molecular weight excluding hydrogens is 248 g/mol. The number of halogens is 2. The van der Waals surface area contributed by atoms with Gasteiger partial charge in [0, 0.05) is 12.2 Å². The first-order chi connectivity index (χ1) is 9.06. The van der Waals surface area contributed by atoms with Gasteiger partial charge in [-0.1, -0.05) is 19.9 Å². The average molecular weight is 271 g/mol. The van der Waals surface area contributed by atoms with Crippen LogP contribution in [0.3, 0.4) is 0 Å². The third kappa shape index (κ3) is 3.12. The minimum absolute atomic E-state index is 0.0575. The van der Waals surface area contributed by atoms with E-state index in [0.29, 0.717) is 19.4 Å². The average Bonchev–Trinajstić information content (AvgIpc) is 2.41. The Hall–Kier alpha value is -1.00. The first kappa shape index (κ1) is 16.1. The van der Waals surface area contributed by atoms with Crippen molar-refractivity contribution >= 4 is 0 Å². The van der Waals surface area contributed by atoms with Crippen LogP contribution in [-0.2, 0) is 4.74 Å². The summed E-state index contributed by atoms with van der Waals surface area (Å²) >= 11 is 0. The van der Waals surface area contributed by atoms with Crippen LogP contribution in [0.1, 0.15) is 45.2 Å². The summed E-state index contributed by atoms with van der Waals surface area (Å²) in [6.07, 6.45) is 1.35. The summed E-state index contributed by atoms with van der Waals surface area (Å²) in [6.45, 7) is 6.35. The van der Waals surface area contributed by atoms with Gasteiger partial charge in [-0.15, -0.1) is 0 Å². The highest BCUT2D eigenvalue weighted by Gasteiger charge is 2.39. The number of rotatable bonds is 7. The minimum Gasteiger partial charge on any atom is -0.373 e. The van der Waals surface area contributed by atoms with Crippen molar-refractivity contribution in [1.82, 2.24) is 5.32 Å². The number of ether oxygens (including phenoxy) is 1. The number of likely N-dealkylation sites (N-methyl/N-ethyl adjacent to an activating group) is 1. The van der Waals surface area contributed by atoms with Crippen LogP contribution in [0.5, 0.6) is 0 Å². The highest BCUT2D eigenvalue weighted by atomic mass is 19.1. The molecule has 0 spiro atoms. The maximum absolute atomic E-state index is 14.0. The first-order valence-electron chi connectivity index (χ1n) is 6.81. The van der Waals surface area contributed by atoms with Crippen molar-refractivity contribution in [3.05, 3.63) is 35.4 Å². The van der Waals surface area contributed by atoms with Gasteiger partial charge < -0.3 is 10.1 Å². The summed E-state index contributed by atoms with van der Waals surface area (Å²) in [6, 6.07) is 3.43. The molecule has 1 unspecified atom stereocenters. The van der Waals surface area contributed by atoms with E-state index >= 15 is 0 Å². The van der Waals surface area contributed by atoms with Gasteiger partial charge in [0.25, 0.3) is 0 Å². The first-order valence-corrected chi connectivity index (χ1v) is 6.81. The van der Waals surface area contributed by atoms with Crippen LogP contribution < -0.4 is 5.32 Å². The molecule has 1 rings (SSSR count). The van der Waals surface area contributed by atoms with Crippen molar-refractivity contribution in [3.8, 4) is 0 Å². The second kappa shape index (κ2) is 6.96. The number of hydrogen-bond donors (Lipinski definition) is 1. The molecule has 0 amide bonds. The van der Waals surface area contributed by atoms with Crippen LogP contribution in [0.2, 0.25) is 0 Å². The Morgan fingerprint density at radius 1 is 1.16 bits per heavy atom. The van der Waals surface area contributed by atoms with Gasteiger partial charge in [-0.3, -0.25) is 0 Å². The SMILES string of the molecule is CCOC(CC)(CC)C(NC)c1c(F)cccc1F. The van der Waals surface area contributed by atoms with Crippen LogP contribution in [0, 0.1) is 11.6 Å². The molecule has 0 saturated heterocycles. The van der Waals surface area contributed by atoms with Crippen molar-refractivity contribution < 1.29 is 13.5 Å². The molecule has 0 aliphatic rings. The molecule has 2 nitrogen and oxygen atoms in total. The molecule has 1 N–H and O–H groups in total. The van der Waals surface area contributed by atoms with E-state index in [1.165, 1.54) is 18.2 Å². The fourth-order valence-electron chi connectivity index (χ4n) is 2.69. The molecule has 0 aliphatic heterocycles. The summed E-state index contributed by atoms with van der Waals surface area (Å²) in [5.41, 5.74) is -0.547. The number of benzene rings is 1. The molecule has 0 bridgehead atoms. The van der Waals surface area contributed by atoms with E-state index in [2.05, 4.69) is 5.32 Å². The number of hydrogen-bond acceptors (Lipinski definition) is 2. The smallest absolute Gasteiger partial charge is 0.131 e. The Balaban J connectivity index is 3.31. The molecule has 0 heterocycles. The summed E-state index contributed by atoms with van der Waals surface area (Å²) in [7, 11) is 1.70. The van der Waals surface area contributed by atoms with E-state index in [-0.39, 0.29) is 5.56 Å². The molecular formula is C15H23F2NO. The lowest BCUT2D eigenvalue weighted by Gasteiger charge is -2.39. The summed E-state index contributed by atoms with van der Waals surface area (Å²) < 4.78 is 33.8. The minimum atomic E-state index is -0.605. The van der Waals surface area contributed by atoms with Crippen molar-refractivity contribution in [3.63, 3.8) is 0 Å². The molecule has 1 aromatic carbocycles. The summed E-state index contributed by atoms with van der Waals surface area (Å²) in [4.78, 5) is 0. The van der Waals surface area contributed by atoms with E-state index < -0.39 is 23.3 Å². The highest BCUT2D eigenvalue weighted by molar-refractivity contribution is 5.26. The maximum atomic E-state index is 14.0. The molecule has 0 saturated carbocycles. The van der Waals surface area contributed by atoms with Crippen LogP contribution >= 0.6 is 0 Å². The van der Waals surface area contributed by atoms with Gasteiger partial charge in [0.2, 0.25) is 0 Å². The van der Waals surface area contributed by atoms with Crippen molar-refractivity contribution in [2.75, 3.05) is 13.7 Å². The van der Waals surface area contributed by atoms with Gasteiger partial charge in [0.05, 0.1) is 11.6 Å². The zero-order valence-electron chi connectivity index (χ0n) is 12.1. The van der Waals surface area contributed by atoms with Crippen LogP contribution in [-0.4, -0.2) is 19.3 Å². The third-order valence-electron chi connectivity index (χ3n) is 3.73. The van der Waals surface area contributed by atoms with E-state index in [4.69, 9.17) is 4.74 Å². The predicted octanol–water partition coefficient (Wildman–Crippen LogP) is 3.82. The van der Waals surface area contributed by atoms with Gasteiger partial charge in [-0.25, -0.2) is 8.78 Å². The molecule has 0 fully saturated rings. The summed E-state index contributed by atoms with van der Waals surface area (Å²) in [5.74, 6) is -1.07. The van der Waals surface area contributed by atoms with Gasteiger partial charge >= 0.3 is 0 Å². The monoisotopic (exact) mass is 271 g/mol. The van der Waals surface area contributed by atoms with Crippen molar-refractivity contribution in [2.24, 2.45) is 0 Å². The zero-order valence-corrected chi connectivity index (χ0v) is 12.1. The van der Waals surface area contributed by atoms with E-state index in [9.17, 15) is 8.78 Å². The fraction of sp³-hybridized carbons (Fsp3) is 0.600. The Labute approximate surface area is 114 Å². The predicted molar refractivity (Wildman–Crippen MR) is 73.1 cm³/mol. The molecule has 1 aromatic rings. The van der Waals surface area contributed by atoms with Crippen LogP contribution in [0.15, 0.2) is 18.2 Å². The molecule has 0 aliphatic carbocycles. The molecule has 1 atom stereocenters. The Morgan fingerprint density at radius 2 is 1.68 bits per heavy atom. The van der Waals surface area contributed by atoms with E-state index in [1.807, 2.05) is 20.8 Å². The third-order valence-corrected chi connectivity index (χ3v) is 3.73. The van der Waals surface area contributed by atoms with Crippen LogP contribution in [0.25, 0.3) is 0 Å². The zero-order chi connectivity index (χ0) is 14.5. The second-order valence-electron chi connectivity index (χ2n) is 4.56. The highest BCUT2D eigenvalue weighted by Crippen LogP contribution is 2.37. The van der Waals surface area contributed by atoms with Crippen molar-refractivity contribution in [1.29, 1.82) is 0 Å². The van der Waals surface area contributed by atoms with Gasteiger partial charge in [-0.05, 0) is 38.9 Å². The second-order valence-corrected chi connectivity index (χ2v) is 4.56. The molecule has 0 aromatic heterocycles. The van der Waals surface area contributed by atoms with Gasteiger partial charge in [0.15, 0.2) is 0 Å². The maximum Gasteiger partial charge on any atom is 0.131 e. The molecule has 0 radical (unpaired) electrons. The quantitative estimate of drug-likeness (QED) is 0.814. The lowest BCUT2D eigenvalue weighted by atomic mass is 9.83. The van der Waals surface area contributed by atoms with Gasteiger partial charge in [0.1, 0.15) is 11.6 Å². The van der Waals surface area contributed by atoms with Crippen molar-refractivity contribution in [2.45, 2.75) is 45.3 Å². The molecule has 4 heteroatoms.